The van der Waals surface area contributed by atoms with Crippen molar-refractivity contribution < 1.29 is 9.21 Å². The molecule has 0 spiro atoms. The average molecular weight is 394 g/mol. The first kappa shape index (κ1) is 13.6. The summed E-state index contributed by atoms with van der Waals surface area (Å²) in [5, 5.41) is 0.853. The Morgan fingerprint density at radius 3 is 2.75 bits per heavy atom. The van der Waals surface area contributed by atoms with Crippen LogP contribution in [0.1, 0.15) is 16.8 Å². The van der Waals surface area contributed by atoms with Crippen LogP contribution in [0.5, 0.6) is 0 Å². The van der Waals surface area contributed by atoms with Gasteiger partial charge in [-0.05, 0) is 24.6 Å². The second-order valence-electron chi connectivity index (χ2n) is 4.47. The van der Waals surface area contributed by atoms with Crippen molar-refractivity contribution >= 4 is 48.6 Å². The number of furan rings is 1. The molecule has 1 aliphatic rings. The fourth-order valence-electron chi connectivity index (χ4n) is 2.15. The lowest BCUT2D eigenvalue weighted by Crippen LogP contribution is -2.02. The molecule has 2 nitrogen and oxygen atoms in total. The molecule has 3 rings (SSSR count). The third-order valence-electron chi connectivity index (χ3n) is 3.12. The van der Waals surface area contributed by atoms with E-state index in [1.165, 1.54) is 6.26 Å². The summed E-state index contributed by atoms with van der Waals surface area (Å²) < 4.78 is 7.27. The molecule has 0 aliphatic heterocycles. The lowest BCUT2D eigenvalue weighted by atomic mass is 10.0. The Morgan fingerprint density at radius 1 is 1.10 bits per heavy atom. The molecule has 1 aromatic carbocycles. The molecule has 2 aromatic rings. The van der Waals surface area contributed by atoms with Crippen LogP contribution in [0.15, 0.2) is 67.7 Å². The topological polar surface area (TPSA) is 30.2 Å². The highest BCUT2D eigenvalue weighted by molar-refractivity contribution is 9.12. The summed E-state index contributed by atoms with van der Waals surface area (Å²) >= 11 is 6.87. The van der Waals surface area contributed by atoms with Gasteiger partial charge in [-0.3, -0.25) is 4.79 Å². The van der Waals surface area contributed by atoms with Gasteiger partial charge in [-0.15, -0.1) is 0 Å². The number of allylic oxidation sites excluding steroid dienone is 6. The first-order valence-corrected chi connectivity index (χ1v) is 7.68. The van der Waals surface area contributed by atoms with Crippen molar-refractivity contribution in [3.05, 3.63) is 68.9 Å². The molecule has 20 heavy (non-hydrogen) atoms. The monoisotopic (exact) mass is 392 g/mol. The van der Waals surface area contributed by atoms with Gasteiger partial charge in [-0.2, -0.15) is 0 Å². The van der Waals surface area contributed by atoms with Gasteiger partial charge < -0.3 is 4.42 Å². The van der Waals surface area contributed by atoms with Crippen molar-refractivity contribution in [3.8, 4) is 0 Å². The van der Waals surface area contributed by atoms with Crippen LogP contribution < -0.4 is 0 Å². The summed E-state index contributed by atoms with van der Waals surface area (Å²) in [5.41, 5.74) is 2.07. The normalized spacial score (nSPS) is 15.4. The highest BCUT2D eigenvalue weighted by Crippen LogP contribution is 2.28. The molecule has 0 N–H and O–H groups in total. The standard InChI is InChI=1S/C16H10Br2O2/c17-11-6-5-10(7-12(18)8-11)16(19)14-9-20-15-4-2-1-3-13(14)15/h1-4,6-9H,5H2. The maximum absolute atomic E-state index is 12.7. The summed E-state index contributed by atoms with van der Waals surface area (Å²) in [7, 11) is 0. The van der Waals surface area contributed by atoms with Crippen LogP contribution in [0.2, 0.25) is 0 Å². The number of carbonyl (C=O) groups is 1. The first-order chi connectivity index (χ1) is 9.65. The van der Waals surface area contributed by atoms with Gasteiger partial charge in [-0.25, -0.2) is 0 Å². The van der Waals surface area contributed by atoms with E-state index in [0.717, 1.165) is 25.5 Å². The number of fused-ring (bicyclic) bond motifs is 1. The van der Waals surface area contributed by atoms with Gasteiger partial charge >= 0.3 is 0 Å². The molecule has 1 aromatic heterocycles. The summed E-state index contributed by atoms with van der Waals surface area (Å²) in [6, 6.07) is 7.56. The molecule has 0 unspecified atom stereocenters. The quantitative estimate of drug-likeness (QED) is 0.630. The number of Topliss-reactive ketones (excluding diaryl/α,β-unsaturated/α-hetero) is 1. The number of rotatable bonds is 2. The minimum Gasteiger partial charge on any atom is -0.464 e. The van der Waals surface area contributed by atoms with E-state index in [1.807, 2.05) is 42.5 Å². The predicted molar refractivity (Wildman–Crippen MR) is 87.3 cm³/mol. The van der Waals surface area contributed by atoms with Crippen LogP contribution in [0.3, 0.4) is 0 Å². The Labute approximate surface area is 133 Å². The SMILES string of the molecule is O=C(C1=CC(Br)=CC(Br)=CC1)c1coc2ccccc12. The van der Waals surface area contributed by atoms with Crippen LogP contribution in [0.25, 0.3) is 11.0 Å². The van der Waals surface area contributed by atoms with Crippen LogP contribution >= 0.6 is 31.9 Å². The summed E-state index contributed by atoms with van der Waals surface area (Å²) in [4.78, 5) is 12.7. The lowest BCUT2D eigenvalue weighted by molar-refractivity contribution is 0.103. The van der Waals surface area contributed by atoms with Gasteiger partial charge in [0, 0.05) is 19.9 Å². The van der Waals surface area contributed by atoms with E-state index in [9.17, 15) is 4.79 Å². The molecular formula is C16H10Br2O2. The molecule has 0 fully saturated rings. The van der Waals surface area contributed by atoms with Crippen LogP contribution in [0.4, 0.5) is 0 Å². The maximum Gasteiger partial charge on any atom is 0.193 e. The molecule has 1 aliphatic carbocycles. The molecule has 0 radical (unpaired) electrons. The molecule has 0 saturated carbocycles. The maximum atomic E-state index is 12.7. The zero-order chi connectivity index (χ0) is 14.1. The first-order valence-electron chi connectivity index (χ1n) is 6.09. The Bertz CT molecular complexity index is 779. The Morgan fingerprint density at radius 2 is 1.90 bits per heavy atom. The second-order valence-corrected chi connectivity index (χ2v) is 6.30. The zero-order valence-corrected chi connectivity index (χ0v) is 13.6. The van der Waals surface area contributed by atoms with Crippen molar-refractivity contribution in [1.82, 2.24) is 0 Å². The second kappa shape index (κ2) is 5.54. The smallest absolute Gasteiger partial charge is 0.193 e. The van der Waals surface area contributed by atoms with E-state index >= 15 is 0 Å². The largest absolute Gasteiger partial charge is 0.464 e. The molecule has 0 saturated heterocycles. The van der Waals surface area contributed by atoms with E-state index in [-0.39, 0.29) is 5.78 Å². The summed E-state index contributed by atoms with van der Waals surface area (Å²) in [5.74, 6) is -0.00116. The van der Waals surface area contributed by atoms with Crippen LogP contribution in [-0.4, -0.2) is 5.78 Å². The van der Waals surface area contributed by atoms with Gasteiger partial charge in [-0.1, -0.05) is 56.1 Å². The van der Waals surface area contributed by atoms with E-state index < -0.39 is 0 Å². The fraction of sp³-hybridized carbons (Fsp3) is 0.0625. The Balaban J connectivity index is 2.03. The van der Waals surface area contributed by atoms with E-state index in [0.29, 0.717) is 12.0 Å². The van der Waals surface area contributed by atoms with Crippen molar-refractivity contribution in [1.29, 1.82) is 0 Å². The Hall–Kier alpha value is -1.39. The molecular weight excluding hydrogens is 384 g/mol. The third-order valence-corrected chi connectivity index (χ3v) is 4.13. The Kier molecular flexibility index (Phi) is 3.76. The van der Waals surface area contributed by atoms with E-state index in [1.54, 1.807) is 0 Å². The van der Waals surface area contributed by atoms with Crippen molar-refractivity contribution in [2.75, 3.05) is 0 Å². The van der Waals surface area contributed by atoms with E-state index in [2.05, 4.69) is 31.9 Å². The van der Waals surface area contributed by atoms with Gasteiger partial charge in [0.2, 0.25) is 0 Å². The van der Waals surface area contributed by atoms with Gasteiger partial charge in [0.15, 0.2) is 5.78 Å². The molecule has 0 amide bonds. The van der Waals surface area contributed by atoms with Gasteiger partial charge in [0.1, 0.15) is 11.8 Å². The molecule has 1 heterocycles. The minimum atomic E-state index is -0.00116. The zero-order valence-electron chi connectivity index (χ0n) is 10.4. The molecule has 0 bridgehead atoms. The highest BCUT2D eigenvalue weighted by Gasteiger charge is 2.18. The van der Waals surface area contributed by atoms with E-state index in [4.69, 9.17) is 4.42 Å². The third kappa shape index (κ3) is 2.58. The number of carbonyl (C=O) groups excluding carboxylic acids is 1. The summed E-state index contributed by atoms with van der Waals surface area (Å²) in [6.07, 6.45) is 7.88. The molecule has 0 atom stereocenters. The number of ketones is 1. The average Bonchev–Trinajstić information content (AvgIpc) is 2.78. The van der Waals surface area contributed by atoms with Crippen LogP contribution in [0, 0.1) is 0 Å². The summed E-state index contributed by atoms with van der Waals surface area (Å²) in [6.45, 7) is 0. The van der Waals surface area contributed by atoms with Gasteiger partial charge in [0.25, 0.3) is 0 Å². The molecule has 100 valence electrons. The van der Waals surface area contributed by atoms with Crippen molar-refractivity contribution in [3.63, 3.8) is 0 Å². The number of halogens is 2. The molecule has 4 heteroatoms. The lowest BCUT2D eigenvalue weighted by Gasteiger charge is -2.01. The predicted octanol–water partition coefficient (Wildman–Crippen LogP) is 5.50. The fourth-order valence-corrected chi connectivity index (χ4v) is 3.39. The number of para-hydroxylation sites is 1. The minimum absolute atomic E-state index is 0.00116. The number of hydrogen-bond acceptors (Lipinski definition) is 2. The van der Waals surface area contributed by atoms with Gasteiger partial charge in [0.05, 0.1) is 5.56 Å². The van der Waals surface area contributed by atoms with Crippen molar-refractivity contribution in [2.24, 2.45) is 0 Å². The highest BCUT2D eigenvalue weighted by atomic mass is 79.9. The van der Waals surface area contributed by atoms with Crippen LogP contribution in [-0.2, 0) is 0 Å². The van der Waals surface area contributed by atoms with Crippen molar-refractivity contribution in [2.45, 2.75) is 6.42 Å². The number of hydrogen-bond donors (Lipinski definition) is 0. The number of benzene rings is 1.